The van der Waals surface area contributed by atoms with Crippen LogP contribution in [0.2, 0.25) is 0 Å². The van der Waals surface area contributed by atoms with Crippen LogP contribution in [0, 0.1) is 13.8 Å². The molecule has 146 valence electrons. The first-order chi connectivity index (χ1) is 14.1. The summed E-state index contributed by atoms with van der Waals surface area (Å²) in [7, 11) is 0. The average Bonchev–Trinajstić information content (AvgIpc) is 3.45. The molecule has 7 heteroatoms. The van der Waals surface area contributed by atoms with Gasteiger partial charge in [-0.3, -0.25) is 0 Å². The van der Waals surface area contributed by atoms with E-state index in [4.69, 9.17) is 13.6 Å². The summed E-state index contributed by atoms with van der Waals surface area (Å²) < 4.78 is 16.2. The van der Waals surface area contributed by atoms with E-state index in [0.29, 0.717) is 11.7 Å². The summed E-state index contributed by atoms with van der Waals surface area (Å²) >= 11 is 1.60. The van der Waals surface area contributed by atoms with Crippen molar-refractivity contribution in [2.24, 2.45) is 0 Å². The van der Waals surface area contributed by atoms with Crippen LogP contribution in [0.25, 0.3) is 28.0 Å². The second kappa shape index (κ2) is 8.28. The number of aromatic nitrogens is 2. The Balaban J connectivity index is 1.34. The number of benzene rings is 1. The Morgan fingerprint density at radius 3 is 2.69 bits per heavy atom. The van der Waals surface area contributed by atoms with E-state index in [1.54, 1.807) is 17.4 Å². The van der Waals surface area contributed by atoms with Crippen LogP contribution >= 0.6 is 11.3 Å². The van der Waals surface area contributed by atoms with Crippen LogP contribution in [-0.4, -0.2) is 16.2 Å². The fourth-order valence-electron chi connectivity index (χ4n) is 2.80. The van der Waals surface area contributed by atoms with Gasteiger partial charge in [0.05, 0.1) is 5.56 Å². The molecule has 1 aromatic carbocycles. The summed E-state index contributed by atoms with van der Waals surface area (Å²) in [6, 6.07) is 15.9. The lowest BCUT2D eigenvalue weighted by Gasteiger charge is -1.97. The second-order valence-corrected chi connectivity index (χ2v) is 7.45. The molecule has 0 bridgehead atoms. The van der Waals surface area contributed by atoms with E-state index in [9.17, 15) is 4.79 Å². The molecule has 0 spiro atoms. The molecule has 0 unspecified atom stereocenters. The lowest BCUT2D eigenvalue weighted by molar-refractivity contribution is -0.139. The Kier molecular flexibility index (Phi) is 5.39. The van der Waals surface area contributed by atoms with Gasteiger partial charge in [0.25, 0.3) is 11.8 Å². The van der Waals surface area contributed by atoms with Crippen LogP contribution in [0.1, 0.15) is 22.3 Å². The minimum Gasteiger partial charge on any atom is -0.466 e. The first-order valence-corrected chi connectivity index (χ1v) is 9.80. The molecule has 3 aromatic heterocycles. The van der Waals surface area contributed by atoms with E-state index in [0.717, 1.165) is 26.6 Å². The van der Waals surface area contributed by atoms with Crippen molar-refractivity contribution in [1.82, 2.24) is 10.2 Å². The van der Waals surface area contributed by atoms with Gasteiger partial charge in [0.15, 0.2) is 6.61 Å². The molecule has 29 heavy (non-hydrogen) atoms. The second-order valence-electron chi connectivity index (χ2n) is 6.34. The van der Waals surface area contributed by atoms with Crippen molar-refractivity contribution in [3.63, 3.8) is 0 Å². The zero-order valence-corrected chi connectivity index (χ0v) is 16.7. The minimum absolute atomic E-state index is 0.0915. The molecule has 3 heterocycles. The zero-order chi connectivity index (χ0) is 20.2. The fourth-order valence-corrected chi connectivity index (χ4v) is 3.71. The Labute approximate surface area is 171 Å². The van der Waals surface area contributed by atoms with Gasteiger partial charge in [0, 0.05) is 15.8 Å². The molecule has 0 amide bonds. The Bertz CT molecular complexity index is 1150. The molecule has 0 aliphatic rings. The van der Waals surface area contributed by atoms with Crippen molar-refractivity contribution in [1.29, 1.82) is 0 Å². The average molecular weight is 406 g/mol. The Morgan fingerprint density at radius 2 is 1.93 bits per heavy atom. The third-order valence-electron chi connectivity index (χ3n) is 4.14. The maximum atomic E-state index is 12.0. The summed E-state index contributed by atoms with van der Waals surface area (Å²) in [4.78, 5) is 14.1. The molecule has 0 saturated carbocycles. The quantitative estimate of drug-likeness (QED) is 0.314. The van der Waals surface area contributed by atoms with E-state index < -0.39 is 5.97 Å². The van der Waals surface area contributed by atoms with Crippen LogP contribution in [0.5, 0.6) is 0 Å². The van der Waals surface area contributed by atoms with E-state index in [2.05, 4.69) is 22.3 Å². The summed E-state index contributed by atoms with van der Waals surface area (Å²) in [5.41, 5.74) is 1.88. The van der Waals surface area contributed by atoms with Gasteiger partial charge in [0.1, 0.15) is 11.5 Å². The van der Waals surface area contributed by atoms with Gasteiger partial charge >= 0.3 is 5.97 Å². The molecule has 6 nitrogen and oxygen atoms in total. The highest BCUT2D eigenvalue weighted by molar-refractivity contribution is 7.16. The summed E-state index contributed by atoms with van der Waals surface area (Å²) in [6.07, 6.45) is 3.12. The van der Waals surface area contributed by atoms with Crippen molar-refractivity contribution in [2.45, 2.75) is 20.5 Å². The van der Waals surface area contributed by atoms with Gasteiger partial charge in [0.2, 0.25) is 0 Å². The molecular weight excluding hydrogens is 388 g/mol. The van der Waals surface area contributed by atoms with Crippen LogP contribution < -0.4 is 0 Å². The number of carbonyl (C=O) groups excluding carboxylic acids is 1. The third kappa shape index (κ3) is 4.52. The molecular formula is C22H18N2O4S. The number of carbonyl (C=O) groups is 1. The first-order valence-electron chi connectivity index (χ1n) is 8.98. The van der Waals surface area contributed by atoms with E-state index >= 15 is 0 Å². The number of aryl methyl sites for hydroxylation is 2. The number of hydrogen-bond donors (Lipinski definition) is 0. The maximum absolute atomic E-state index is 12.0. The third-order valence-corrected chi connectivity index (χ3v) is 5.24. The van der Waals surface area contributed by atoms with Gasteiger partial charge in [-0.05, 0) is 43.7 Å². The first kappa shape index (κ1) is 18.9. The molecule has 0 saturated heterocycles. The standard InChI is InChI=1S/C22H18N2O4S/c1-14-12-18(15(2)27-14)22-24-23-20(28-22)13-26-21(25)11-9-17-8-10-19(29-17)16-6-4-3-5-7-16/h3-12H,13H2,1-2H3/b11-9+. The van der Waals surface area contributed by atoms with Crippen molar-refractivity contribution in [3.05, 3.63) is 76.9 Å². The summed E-state index contributed by atoms with van der Waals surface area (Å²) in [5.74, 6) is 1.55. The minimum atomic E-state index is -0.477. The number of hydrogen-bond acceptors (Lipinski definition) is 7. The largest absolute Gasteiger partial charge is 0.466 e. The SMILES string of the molecule is Cc1cc(-c2nnc(COC(=O)/C=C/c3ccc(-c4ccccc4)s3)o2)c(C)o1. The molecule has 0 N–H and O–H groups in total. The van der Waals surface area contributed by atoms with E-state index in [1.165, 1.54) is 6.08 Å². The van der Waals surface area contributed by atoms with Gasteiger partial charge in [-0.25, -0.2) is 4.79 Å². The smallest absolute Gasteiger partial charge is 0.331 e. The molecule has 4 aromatic rings. The van der Waals surface area contributed by atoms with Crippen molar-refractivity contribution >= 4 is 23.4 Å². The predicted molar refractivity (Wildman–Crippen MR) is 110 cm³/mol. The van der Waals surface area contributed by atoms with Crippen LogP contribution in [0.15, 0.2) is 63.4 Å². The number of ether oxygens (including phenoxy) is 1. The lowest BCUT2D eigenvalue weighted by atomic mass is 10.2. The zero-order valence-electron chi connectivity index (χ0n) is 15.9. The Hall–Kier alpha value is -3.45. The van der Waals surface area contributed by atoms with Gasteiger partial charge < -0.3 is 13.6 Å². The number of thiophene rings is 1. The molecule has 0 radical (unpaired) electrons. The number of esters is 1. The van der Waals surface area contributed by atoms with Crippen LogP contribution in [-0.2, 0) is 16.1 Å². The van der Waals surface area contributed by atoms with Crippen LogP contribution in [0.3, 0.4) is 0 Å². The van der Waals surface area contributed by atoms with Crippen molar-refractivity contribution in [2.75, 3.05) is 0 Å². The maximum Gasteiger partial charge on any atom is 0.331 e. The molecule has 0 atom stereocenters. The van der Waals surface area contributed by atoms with E-state index in [-0.39, 0.29) is 12.5 Å². The molecule has 4 rings (SSSR count). The number of furan rings is 1. The van der Waals surface area contributed by atoms with Crippen molar-refractivity contribution in [3.8, 4) is 21.9 Å². The fraction of sp³-hybridized carbons (Fsp3) is 0.136. The molecule has 0 aliphatic carbocycles. The van der Waals surface area contributed by atoms with Gasteiger partial charge in [-0.1, -0.05) is 30.3 Å². The highest BCUT2D eigenvalue weighted by Crippen LogP contribution is 2.28. The molecule has 0 aliphatic heterocycles. The number of nitrogens with zero attached hydrogens (tertiary/aromatic N) is 2. The monoisotopic (exact) mass is 406 g/mol. The topological polar surface area (TPSA) is 78.4 Å². The van der Waals surface area contributed by atoms with Gasteiger partial charge in [-0.15, -0.1) is 21.5 Å². The van der Waals surface area contributed by atoms with Gasteiger partial charge in [-0.2, -0.15) is 0 Å². The normalized spacial score (nSPS) is 11.2. The summed E-state index contributed by atoms with van der Waals surface area (Å²) in [5, 5.41) is 7.89. The highest BCUT2D eigenvalue weighted by atomic mass is 32.1. The van der Waals surface area contributed by atoms with Crippen LogP contribution in [0.4, 0.5) is 0 Å². The lowest BCUT2D eigenvalue weighted by Crippen LogP contribution is -2.00. The van der Waals surface area contributed by atoms with Crippen molar-refractivity contribution < 1.29 is 18.4 Å². The number of rotatable bonds is 6. The van der Waals surface area contributed by atoms with E-state index in [1.807, 2.05) is 50.2 Å². The summed E-state index contributed by atoms with van der Waals surface area (Å²) in [6.45, 7) is 3.58. The predicted octanol–water partition coefficient (Wildman–Crippen LogP) is 5.43. The Morgan fingerprint density at radius 1 is 1.10 bits per heavy atom. The highest BCUT2D eigenvalue weighted by Gasteiger charge is 2.15. The molecule has 0 fully saturated rings.